The largest absolute Gasteiger partial charge is 0.377 e. The minimum Gasteiger partial charge on any atom is -0.377 e. The number of nitrogens with one attached hydrogen (secondary N) is 1. The molecular weight excluding hydrogens is 400 g/mol. The van der Waals surface area contributed by atoms with Crippen LogP contribution in [0.4, 0.5) is 0 Å². The summed E-state index contributed by atoms with van der Waals surface area (Å²) in [6, 6.07) is 16.1. The Hall–Kier alpha value is -2.48. The van der Waals surface area contributed by atoms with Crippen LogP contribution in [0, 0.1) is 0 Å². The number of aryl methyl sites for hydroxylation is 1. The molecule has 1 N–H and O–H groups in total. The van der Waals surface area contributed by atoms with E-state index in [1.807, 2.05) is 18.2 Å². The summed E-state index contributed by atoms with van der Waals surface area (Å²) in [6.45, 7) is 2.94. The number of H-pyrrole nitrogens is 1. The molecule has 0 radical (unpaired) electrons. The molecular formula is C23H26N2O4S. The Morgan fingerprint density at radius 3 is 2.63 bits per heavy atom. The second-order valence-corrected chi connectivity index (χ2v) is 9.58. The van der Waals surface area contributed by atoms with Crippen molar-refractivity contribution in [2.45, 2.75) is 43.7 Å². The number of benzene rings is 2. The topological polar surface area (TPSA) is 79.5 Å². The monoisotopic (exact) mass is 426 g/mol. The Morgan fingerprint density at radius 1 is 1.13 bits per heavy atom. The first-order valence-corrected chi connectivity index (χ1v) is 11.7. The molecule has 158 valence electrons. The number of ether oxygens (including phenoxy) is 1. The quantitative estimate of drug-likeness (QED) is 0.628. The van der Waals surface area contributed by atoms with Crippen LogP contribution in [0.15, 0.2) is 64.3 Å². The minimum atomic E-state index is -3.77. The summed E-state index contributed by atoms with van der Waals surface area (Å²) in [5.74, 6) is 0. The molecule has 3 aromatic rings. The molecule has 1 aliphatic heterocycles. The minimum absolute atomic E-state index is 0.00128. The van der Waals surface area contributed by atoms with Gasteiger partial charge in [-0.3, -0.25) is 4.79 Å². The van der Waals surface area contributed by atoms with E-state index in [4.69, 9.17) is 4.74 Å². The van der Waals surface area contributed by atoms with E-state index in [2.05, 4.69) is 11.9 Å². The molecule has 1 aromatic heterocycles. The summed E-state index contributed by atoms with van der Waals surface area (Å²) in [5.41, 5.74) is 2.06. The van der Waals surface area contributed by atoms with Gasteiger partial charge in [-0.15, -0.1) is 0 Å². The SMILES string of the molecule is CCc1ccc2[nH]c(=O)c(CN(C[C@H]3CCCO3)S(=O)(=O)c3ccccc3)cc2c1. The number of fused-ring (bicyclic) bond motifs is 1. The first kappa shape index (κ1) is 20.8. The second-order valence-electron chi connectivity index (χ2n) is 7.64. The fourth-order valence-electron chi connectivity index (χ4n) is 3.83. The van der Waals surface area contributed by atoms with Crippen molar-refractivity contribution in [2.24, 2.45) is 0 Å². The van der Waals surface area contributed by atoms with Crippen molar-refractivity contribution in [1.29, 1.82) is 0 Å². The zero-order chi connectivity index (χ0) is 21.1. The number of aromatic nitrogens is 1. The van der Waals surface area contributed by atoms with E-state index < -0.39 is 10.0 Å². The molecule has 1 fully saturated rings. The third kappa shape index (κ3) is 4.33. The molecule has 6 nitrogen and oxygen atoms in total. The van der Waals surface area contributed by atoms with Crippen molar-refractivity contribution in [2.75, 3.05) is 13.2 Å². The molecule has 1 saturated heterocycles. The predicted molar refractivity (Wildman–Crippen MR) is 117 cm³/mol. The van der Waals surface area contributed by atoms with Gasteiger partial charge in [-0.25, -0.2) is 8.42 Å². The highest BCUT2D eigenvalue weighted by molar-refractivity contribution is 7.89. The van der Waals surface area contributed by atoms with Gasteiger partial charge in [0.25, 0.3) is 5.56 Å². The van der Waals surface area contributed by atoms with Crippen LogP contribution in [-0.2, 0) is 27.7 Å². The number of rotatable bonds is 7. The van der Waals surface area contributed by atoms with E-state index in [1.54, 1.807) is 36.4 Å². The second kappa shape index (κ2) is 8.71. The Balaban J connectivity index is 1.72. The zero-order valence-electron chi connectivity index (χ0n) is 17.0. The first-order valence-electron chi connectivity index (χ1n) is 10.3. The van der Waals surface area contributed by atoms with E-state index in [0.717, 1.165) is 35.7 Å². The number of hydrogen-bond donors (Lipinski definition) is 1. The van der Waals surface area contributed by atoms with Crippen molar-refractivity contribution < 1.29 is 13.2 Å². The van der Waals surface area contributed by atoms with Gasteiger partial charge in [-0.1, -0.05) is 31.2 Å². The van der Waals surface area contributed by atoms with Gasteiger partial charge in [0, 0.05) is 30.8 Å². The van der Waals surface area contributed by atoms with Crippen LogP contribution >= 0.6 is 0 Å². The smallest absolute Gasteiger partial charge is 0.252 e. The third-order valence-electron chi connectivity index (χ3n) is 5.55. The van der Waals surface area contributed by atoms with Gasteiger partial charge in [0.1, 0.15) is 0 Å². The fraction of sp³-hybridized carbons (Fsp3) is 0.348. The number of hydrogen-bond acceptors (Lipinski definition) is 4. The number of aromatic amines is 1. The third-order valence-corrected chi connectivity index (χ3v) is 7.38. The van der Waals surface area contributed by atoms with Gasteiger partial charge in [-0.05, 0) is 60.5 Å². The highest BCUT2D eigenvalue weighted by atomic mass is 32.2. The van der Waals surface area contributed by atoms with Gasteiger partial charge >= 0.3 is 0 Å². The summed E-state index contributed by atoms with van der Waals surface area (Å²) < 4.78 is 33.8. The van der Waals surface area contributed by atoms with E-state index in [-0.39, 0.29) is 29.6 Å². The molecule has 0 amide bonds. The maximum atomic E-state index is 13.4. The highest BCUT2D eigenvalue weighted by Gasteiger charge is 2.29. The molecule has 7 heteroatoms. The van der Waals surface area contributed by atoms with E-state index in [1.165, 1.54) is 4.31 Å². The lowest BCUT2D eigenvalue weighted by atomic mass is 10.1. The van der Waals surface area contributed by atoms with Gasteiger partial charge in [0.2, 0.25) is 10.0 Å². The van der Waals surface area contributed by atoms with Crippen molar-refractivity contribution in [3.05, 3.63) is 76.1 Å². The van der Waals surface area contributed by atoms with Crippen LogP contribution in [0.25, 0.3) is 10.9 Å². The molecule has 0 aliphatic carbocycles. The Bertz CT molecular complexity index is 1180. The van der Waals surface area contributed by atoms with Crippen molar-refractivity contribution in [3.8, 4) is 0 Å². The number of nitrogens with zero attached hydrogens (tertiary/aromatic N) is 1. The summed E-state index contributed by atoms with van der Waals surface area (Å²) >= 11 is 0. The Labute approximate surface area is 176 Å². The molecule has 2 heterocycles. The highest BCUT2D eigenvalue weighted by Crippen LogP contribution is 2.22. The molecule has 0 bridgehead atoms. The zero-order valence-corrected chi connectivity index (χ0v) is 17.8. The molecule has 1 atom stereocenters. The lowest BCUT2D eigenvalue weighted by Gasteiger charge is -2.25. The van der Waals surface area contributed by atoms with Gasteiger partial charge in [0.15, 0.2) is 0 Å². The summed E-state index contributed by atoms with van der Waals surface area (Å²) in [7, 11) is -3.77. The number of pyridine rings is 1. The molecule has 2 aromatic carbocycles. The van der Waals surface area contributed by atoms with Crippen LogP contribution in [-0.4, -0.2) is 37.0 Å². The van der Waals surface area contributed by atoms with Crippen LogP contribution in [0.2, 0.25) is 0 Å². The summed E-state index contributed by atoms with van der Waals surface area (Å²) in [6.07, 6.45) is 2.46. The molecule has 4 rings (SSSR count). The molecule has 30 heavy (non-hydrogen) atoms. The van der Waals surface area contributed by atoms with E-state index >= 15 is 0 Å². The summed E-state index contributed by atoms with van der Waals surface area (Å²) in [4.78, 5) is 15.8. The van der Waals surface area contributed by atoms with Crippen molar-refractivity contribution in [1.82, 2.24) is 9.29 Å². The normalized spacial score (nSPS) is 17.1. The van der Waals surface area contributed by atoms with Crippen LogP contribution in [0.3, 0.4) is 0 Å². The fourth-order valence-corrected chi connectivity index (χ4v) is 5.30. The van der Waals surface area contributed by atoms with E-state index in [0.29, 0.717) is 12.2 Å². The van der Waals surface area contributed by atoms with Gasteiger partial charge in [-0.2, -0.15) is 4.31 Å². The molecule has 0 saturated carbocycles. The maximum absolute atomic E-state index is 13.4. The molecule has 1 aliphatic rings. The standard InChI is InChI=1S/C23H26N2O4S/c1-2-17-10-11-22-18(13-17)14-19(23(26)24-22)15-25(16-20-7-6-12-29-20)30(27,28)21-8-4-3-5-9-21/h3-5,8-11,13-14,20H,2,6-7,12,15-16H2,1H3,(H,24,26)/t20-/m1/s1. The van der Waals surface area contributed by atoms with Gasteiger partial charge in [0.05, 0.1) is 11.0 Å². The average molecular weight is 427 g/mol. The van der Waals surface area contributed by atoms with Crippen LogP contribution < -0.4 is 5.56 Å². The van der Waals surface area contributed by atoms with Crippen LogP contribution in [0.5, 0.6) is 0 Å². The summed E-state index contributed by atoms with van der Waals surface area (Å²) in [5, 5.41) is 0.901. The molecule has 0 unspecified atom stereocenters. The van der Waals surface area contributed by atoms with Crippen molar-refractivity contribution >= 4 is 20.9 Å². The van der Waals surface area contributed by atoms with Crippen molar-refractivity contribution in [3.63, 3.8) is 0 Å². The lowest BCUT2D eigenvalue weighted by molar-refractivity contribution is 0.0925. The first-order chi connectivity index (χ1) is 14.5. The predicted octanol–water partition coefficient (Wildman–Crippen LogP) is 3.46. The Morgan fingerprint density at radius 2 is 1.93 bits per heavy atom. The van der Waals surface area contributed by atoms with E-state index in [9.17, 15) is 13.2 Å². The number of sulfonamides is 1. The average Bonchev–Trinajstić information content (AvgIpc) is 3.27. The molecule has 0 spiro atoms. The van der Waals surface area contributed by atoms with Gasteiger partial charge < -0.3 is 9.72 Å². The van der Waals surface area contributed by atoms with Crippen LogP contribution in [0.1, 0.15) is 30.9 Å². The maximum Gasteiger partial charge on any atom is 0.252 e. The lowest BCUT2D eigenvalue weighted by Crippen LogP contribution is -2.38. The Kier molecular flexibility index (Phi) is 6.04.